The van der Waals surface area contributed by atoms with E-state index in [2.05, 4.69) is 5.32 Å². The summed E-state index contributed by atoms with van der Waals surface area (Å²) in [5.41, 5.74) is 0.983. The Balaban J connectivity index is 2.32. The van der Waals surface area contributed by atoms with Crippen LogP contribution in [0.4, 0.5) is 10.5 Å². The number of hydrogen-bond acceptors (Lipinski definition) is 5. The number of aryl methyl sites for hydroxylation is 1. The Bertz CT molecular complexity index is 990. The fourth-order valence-corrected chi connectivity index (χ4v) is 4.78. The second kappa shape index (κ2) is 10.4. The van der Waals surface area contributed by atoms with Crippen LogP contribution in [-0.4, -0.2) is 44.4 Å². The van der Waals surface area contributed by atoms with Gasteiger partial charge in [0, 0.05) is 12.6 Å². The molecule has 31 heavy (non-hydrogen) atoms. The monoisotopic (exact) mass is 450 g/mol. The second-order valence-corrected chi connectivity index (χ2v) is 9.68. The molecule has 2 aromatic carbocycles. The summed E-state index contributed by atoms with van der Waals surface area (Å²) in [4.78, 5) is 10.8. The van der Waals surface area contributed by atoms with E-state index in [-0.39, 0.29) is 34.8 Å². The van der Waals surface area contributed by atoms with Crippen molar-refractivity contribution in [3.63, 3.8) is 0 Å². The molecule has 1 amide bonds. The quantitative estimate of drug-likeness (QED) is 0.506. The van der Waals surface area contributed by atoms with Gasteiger partial charge < -0.3 is 20.3 Å². The van der Waals surface area contributed by atoms with Gasteiger partial charge in [-0.05, 0) is 67.6 Å². The van der Waals surface area contributed by atoms with Crippen molar-refractivity contribution in [2.24, 2.45) is 5.92 Å². The summed E-state index contributed by atoms with van der Waals surface area (Å²) < 4.78 is 33.0. The summed E-state index contributed by atoms with van der Waals surface area (Å²) >= 11 is 0. The molecule has 0 radical (unpaired) electrons. The number of nitrogens with one attached hydrogen (secondary N) is 1. The summed E-state index contributed by atoms with van der Waals surface area (Å²) in [5, 5.41) is 21.8. The van der Waals surface area contributed by atoms with Gasteiger partial charge in [0.15, 0.2) is 0 Å². The molecule has 0 saturated carbocycles. The average Bonchev–Trinajstić information content (AvgIpc) is 2.70. The molecule has 0 fully saturated rings. The lowest BCUT2D eigenvalue weighted by Crippen LogP contribution is -2.34. The Labute approximate surface area is 183 Å². The highest BCUT2D eigenvalue weighted by Crippen LogP contribution is 2.34. The maximum Gasteiger partial charge on any atom is 0.404 e. The van der Waals surface area contributed by atoms with Gasteiger partial charge in [-0.2, -0.15) is 0 Å². The maximum absolute atomic E-state index is 13.3. The Morgan fingerprint density at radius 3 is 2.29 bits per heavy atom. The van der Waals surface area contributed by atoms with Gasteiger partial charge in [0.2, 0.25) is 0 Å². The molecular formula is C22H30N2O6S. The van der Waals surface area contributed by atoms with Crippen molar-refractivity contribution >= 4 is 21.8 Å². The van der Waals surface area contributed by atoms with E-state index in [1.807, 2.05) is 13.8 Å². The topological polar surface area (TPSA) is 116 Å². The van der Waals surface area contributed by atoms with Gasteiger partial charge in [0.25, 0.3) is 10.0 Å². The maximum atomic E-state index is 13.3. The van der Waals surface area contributed by atoms with Crippen molar-refractivity contribution < 1.29 is 28.2 Å². The number of sulfonamides is 1. The van der Waals surface area contributed by atoms with Gasteiger partial charge in [0.05, 0.1) is 17.7 Å². The number of nitrogens with zero attached hydrogens (tertiary/aromatic N) is 1. The van der Waals surface area contributed by atoms with Gasteiger partial charge >= 0.3 is 6.09 Å². The summed E-state index contributed by atoms with van der Waals surface area (Å²) in [5.74, 6) is 0.428. The van der Waals surface area contributed by atoms with E-state index < -0.39 is 16.1 Å². The van der Waals surface area contributed by atoms with Crippen LogP contribution < -0.4 is 14.4 Å². The first-order chi connectivity index (χ1) is 14.5. The van der Waals surface area contributed by atoms with Crippen LogP contribution in [0.1, 0.15) is 32.8 Å². The number of ether oxygens (including phenoxy) is 1. The van der Waals surface area contributed by atoms with Crippen LogP contribution >= 0.6 is 0 Å². The molecular weight excluding hydrogens is 420 g/mol. The summed E-state index contributed by atoms with van der Waals surface area (Å²) in [6.07, 6.45) is -0.00547. The lowest BCUT2D eigenvalue weighted by atomic mass is 10.1. The second-order valence-electron chi connectivity index (χ2n) is 7.82. The zero-order valence-corrected chi connectivity index (χ0v) is 19.0. The molecule has 2 rings (SSSR count). The van der Waals surface area contributed by atoms with Crippen molar-refractivity contribution in [3.05, 3.63) is 48.0 Å². The van der Waals surface area contributed by atoms with E-state index in [9.17, 15) is 18.3 Å². The normalized spacial score (nSPS) is 12.4. The van der Waals surface area contributed by atoms with E-state index in [1.165, 1.54) is 29.6 Å². The van der Waals surface area contributed by atoms with Crippen LogP contribution in [-0.2, 0) is 16.4 Å². The molecule has 0 unspecified atom stereocenters. The van der Waals surface area contributed by atoms with E-state index >= 15 is 0 Å². The van der Waals surface area contributed by atoms with Gasteiger partial charge in [0.1, 0.15) is 11.5 Å². The molecule has 0 aliphatic rings. The number of carbonyl (C=O) groups is 1. The van der Waals surface area contributed by atoms with E-state index in [1.54, 1.807) is 31.2 Å². The van der Waals surface area contributed by atoms with Crippen LogP contribution in [0, 0.1) is 5.92 Å². The number of amides is 1. The SMILES string of the molecule is COc1ccc(S(=O)(=O)N(CC(C)C)c2ccc(CC[C@H](C)NC(=O)O)cc2O)cc1. The number of rotatable bonds is 10. The van der Waals surface area contributed by atoms with Crippen molar-refractivity contribution in [1.29, 1.82) is 0 Å². The fraction of sp³-hybridized carbons (Fsp3) is 0.409. The van der Waals surface area contributed by atoms with Crippen LogP contribution in [0.25, 0.3) is 0 Å². The number of aromatic hydroxyl groups is 1. The fourth-order valence-electron chi connectivity index (χ4n) is 3.13. The number of phenols is 1. The largest absolute Gasteiger partial charge is 0.506 e. The molecule has 2 aromatic rings. The number of carboxylic acid groups (broad SMARTS) is 1. The zero-order chi connectivity index (χ0) is 23.2. The smallest absolute Gasteiger partial charge is 0.404 e. The van der Waals surface area contributed by atoms with Crippen LogP contribution in [0.2, 0.25) is 0 Å². The Morgan fingerprint density at radius 2 is 1.77 bits per heavy atom. The molecule has 0 aliphatic carbocycles. The highest BCUT2D eigenvalue weighted by atomic mass is 32.2. The molecule has 0 spiro atoms. The molecule has 0 aliphatic heterocycles. The van der Waals surface area contributed by atoms with Gasteiger partial charge in [-0.15, -0.1) is 0 Å². The van der Waals surface area contributed by atoms with Gasteiger partial charge in [-0.25, -0.2) is 13.2 Å². The molecule has 0 aromatic heterocycles. The number of anilines is 1. The lowest BCUT2D eigenvalue weighted by Gasteiger charge is -2.27. The van der Waals surface area contributed by atoms with Gasteiger partial charge in [-0.1, -0.05) is 19.9 Å². The Kier molecular flexibility index (Phi) is 8.15. The molecule has 0 heterocycles. The molecule has 8 nitrogen and oxygen atoms in total. The standard InChI is InChI=1S/C22H30N2O6S/c1-15(2)14-24(31(28,29)19-10-8-18(30-4)9-11-19)20-12-7-17(13-21(20)25)6-5-16(3)23-22(26)27/h7-13,15-16,23,25H,5-6,14H2,1-4H3,(H,26,27)/t16-/m0/s1. The Hall–Kier alpha value is -2.94. The number of methoxy groups -OCH3 is 1. The van der Waals surface area contributed by atoms with Crippen LogP contribution in [0.15, 0.2) is 47.4 Å². The first kappa shape index (κ1) is 24.3. The van der Waals surface area contributed by atoms with Gasteiger partial charge in [-0.3, -0.25) is 4.31 Å². The molecule has 9 heteroatoms. The minimum absolute atomic E-state index is 0.0232. The van der Waals surface area contributed by atoms with Crippen molar-refractivity contribution in [3.8, 4) is 11.5 Å². The van der Waals surface area contributed by atoms with Crippen molar-refractivity contribution in [2.75, 3.05) is 18.0 Å². The molecule has 0 bridgehead atoms. The van der Waals surface area contributed by atoms with Crippen molar-refractivity contribution in [2.45, 2.75) is 44.6 Å². The predicted octanol–water partition coefficient (Wildman–Crippen LogP) is 3.84. The average molecular weight is 451 g/mol. The van der Waals surface area contributed by atoms with E-state index in [0.29, 0.717) is 18.6 Å². The predicted molar refractivity (Wildman–Crippen MR) is 119 cm³/mol. The summed E-state index contributed by atoms with van der Waals surface area (Å²) in [7, 11) is -2.40. The number of phenolic OH excluding ortho intramolecular Hbond substituents is 1. The summed E-state index contributed by atoms with van der Waals surface area (Å²) in [6, 6.07) is 10.7. The third-order valence-electron chi connectivity index (χ3n) is 4.72. The van der Waals surface area contributed by atoms with E-state index in [4.69, 9.17) is 9.84 Å². The number of benzene rings is 2. The Morgan fingerprint density at radius 1 is 1.13 bits per heavy atom. The highest BCUT2D eigenvalue weighted by molar-refractivity contribution is 7.92. The third kappa shape index (κ3) is 6.52. The highest BCUT2D eigenvalue weighted by Gasteiger charge is 2.28. The minimum atomic E-state index is -3.91. The van der Waals surface area contributed by atoms with E-state index in [0.717, 1.165) is 5.56 Å². The molecule has 3 N–H and O–H groups in total. The molecule has 170 valence electrons. The minimum Gasteiger partial charge on any atom is -0.506 e. The molecule has 1 atom stereocenters. The van der Waals surface area contributed by atoms with Crippen LogP contribution in [0.5, 0.6) is 11.5 Å². The lowest BCUT2D eigenvalue weighted by molar-refractivity contribution is 0.190. The summed E-state index contributed by atoms with van der Waals surface area (Å²) in [6.45, 7) is 5.76. The molecule has 0 saturated heterocycles. The number of hydrogen-bond donors (Lipinski definition) is 3. The third-order valence-corrected chi connectivity index (χ3v) is 6.52. The first-order valence-electron chi connectivity index (χ1n) is 10.0. The van der Waals surface area contributed by atoms with Crippen LogP contribution in [0.3, 0.4) is 0 Å². The van der Waals surface area contributed by atoms with Crippen molar-refractivity contribution in [1.82, 2.24) is 5.32 Å². The zero-order valence-electron chi connectivity index (χ0n) is 18.2. The first-order valence-corrected chi connectivity index (χ1v) is 11.5.